The van der Waals surface area contributed by atoms with Crippen molar-refractivity contribution in [1.82, 2.24) is 15.3 Å². The van der Waals surface area contributed by atoms with Gasteiger partial charge in [-0.15, -0.1) is 0 Å². The van der Waals surface area contributed by atoms with Gasteiger partial charge in [0.25, 0.3) is 0 Å². The van der Waals surface area contributed by atoms with Crippen LogP contribution in [0.15, 0.2) is 24.5 Å². The highest BCUT2D eigenvalue weighted by molar-refractivity contribution is 5.23. The summed E-state index contributed by atoms with van der Waals surface area (Å²) in [5, 5.41) is 2.91. The summed E-state index contributed by atoms with van der Waals surface area (Å²) in [6, 6.07) is 1.63. The number of rotatable bonds is 4. The van der Waals surface area contributed by atoms with E-state index in [1.165, 1.54) is 0 Å². The molecule has 96 valence electrons. The van der Waals surface area contributed by atoms with Gasteiger partial charge in [0.15, 0.2) is 17.5 Å². The summed E-state index contributed by atoms with van der Waals surface area (Å²) in [6.45, 7) is 0. The Hall–Kier alpha value is -1.82. The molecule has 0 aliphatic heterocycles. The molecule has 18 heavy (non-hydrogen) atoms. The average Bonchev–Trinajstić information content (AvgIpc) is 2.85. The Morgan fingerprint density at radius 2 is 1.94 bits per heavy atom. The number of likely N-dealkylation sites (N-methyl/N-ethyl adjacent to an activating group) is 1. The zero-order valence-corrected chi connectivity index (χ0v) is 9.67. The summed E-state index contributed by atoms with van der Waals surface area (Å²) in [6.07, 6.45) is 3.68. The third-order valence-electron chi connectivity index (χ3n) is 2.71. The number of aromatic amines is 1. The van der Waals surface area contributed by atoms with Crippen LogP contribution >= 0.6 is 0 Å². The molecule has 2 aromatic rings. The molecule has 1 atom stereocenters. The van der Waals surface area contributed by atoms with Gasteiger partial charge in [-0.25, -0.2) is 18.2 Å². The highest BCUT2D eigenvalue weighted by Gasteiger charge is 2.17. The summed E-state index contributed by atoms with van der Waals surface area (Å²) in [7, 11) is 1.66. The molecular weight excluding hydrogens is 243 g/mol. The van der Waals surface area contributed by atoms with Crippen LogP contribution in [0.25, 0.3) is 0 Å². The van der Waals surface area contributed by atoms with Gasteiger partial charge in [-0.3, -0.25) is 0 Å². The van der Waals surface area contributed by atoms with Gasteiger partial charge in [-0.2, -0.15) is 0 Å². The number of nitrogens with zero attached hydrogens (tertiary/aromatic N) is 1. The maximum Gasteiger partial charge on any atom is 0.194 e. The van der Waals surface area contributed by atoms with E-state index in [1.54, 1.807) is 19.4 Å². The van der Waals surface area contributed by atoms with E-state index < -0.39 is 17.5 Å². The van der Waals surface area contributed by atoms with Crippen LogP contribution in [0.2, 0.25) is 0 Å². The Labute approximate surface area is 102 Å². The molecule has 1 aromatic carbocycles. The van der Waals surface area contributed by atoms with E-state index in [4.69, 9.17) is 0 Å². The molecule has 0 bridgehead atoms. The lowest BCUT2D eigenvalue weighted by molar-refractivity contribution is 0.440. The Morgan fingerprint density at radius 3 is 2.44 bits per heavy atom. The molecule has 2 N–H and O–H groups in total. The van der Waals surface area contributed by atoms with Crippen molar-refractivity contribution in [3.8, 4) is 0 Å². The largest absolute Gasteiger partial charge is 0.349 e. The van der Waals surface area contributed by atoms with Crippen molar-refractivity contribution in [2.24, 2.45) is 0 Å². The van der Waals surface area contributed by atoms with Crippen LogP contribution in [-0.2, 0) is 6.42 Å². The van der Waals surface area contributed by atoms with E-state index in [2.05, 4.69) is 15.3 Å². The lowest BCUT2D eigenvalue weighted by Crippen LogP contribution is -2.20. The Balaban J connectivity index is 2.27. The standard InChI is InChI=1S/C12H12F3N3/c1-16-10(6-11-17-2-3-18-11)7-4-8(13)12(15)9(14)5-7/h2-5,10,16H,6H2,1H3,(H,17,18). The van der Waals surface area contributed by atoms with E-state index in [1.807, 2.05) is 0 Å². The average molecular weight is 255 g/mol. The van der Waals surface area contributed by atoms with Crippen LogP contribution in [0, 0.1) is 17.5 Å². The predicted molar refractivity (Wildman–Crippen MR) is 60.4 cm³/mol. The van der Waals surface area contributed by atoms with Crippen LogP contribution < -0.4 is 5.32 Å². The lowest BCUT2D eigenvalue weighted by atomic mass is 10.0. The first-order valence-electron chi connectivity index (χ1n) is 5.41. The van der Waals surface area contributed by atoms with Gasteiger partial charge in [-0.1, -0.05) is 0 Å². The molecule has 0 aliphatic carbocycles. The minimum absolute atomic E-state index is 0.338. The molecule has 0 radical (unpaired) electrons. The number of imidazole rings is 1. The molecule has 0 saturated heterocycles. The minimum atomic E-state index is -1.45. The summed E-state index contributed by atoms with van der Waals surface area (Å²) >= 11 is 0. The van der Waals surface area contributed by atoms with Crippen LogP contribution in [-0.4, -0.2) is 17.0 Å². The number of aromatic nitrogens is 2. The van der Waals surface area contributed by atoms with Gasteiger partial charge >= 0.3 is 0 Å². The topological polar surface area (TPSA) is 40.7 Å². The van der Waals surface area contributed by atoms with E-state index in [0.29, 0.717) is 17.8 Å². The molecule has 1 aromatic heterocycles. The number of hydrogen-bond donors (Lipinski definition) is 2. The molecular formula is C12H12F3N3. The predicted octanol–water partition coefficient (Wildman–Crippen LogP) is 2.33. The van der Waals surface area contributed by atoms with Crippen LogP contribution in [0.3, 0.4) is 0 Å². The quantitative estimate of drug-likeness (QED) is 0.823. The lowest BCUT2D eigenvalue weighted by Gasteiger charge is -2.15. The van der Waals surface area contributed by atoms with Crippen molar-refractivity contribution in [2.75, 3.05) is 7.05 Å². The normalized spacial score (nSPS) is 12.7. The van der Waals surface area contributed by atoms with Gasteiger partial charge in [0, 0.05) is 24.9 Å². The molecule has 2 rings (SSSR count). The van der Waals surface area contributed by atoms with E-state index in [9.17, 15) is 13.2 Å². The SMILES string of the molecule is CNC(Cc1ncc[nH]1)c1cc(F)c(F)c(F)c1. The van der Waals surface area contributed by atoms with Crippen molar-refractivity contribution in [3.63, 3.8) is 0 Å². The Kier molecular flexibility index (Phi) is 3.66. The first kappa shape index (κ1) is 12.6. The first-order valence-corrected chi connectivity index (χ1v) is 5.41. The number of hydrogen-bond acceptors (Lipinski definition) is 2. The smallest absolute Gasteiger partial charge is 0.194 e. The molecule has 1 unspecified atom stereocenters. The second-order valence-electron chi connectivity index (χ2n) is 3.88. The Morgan fingerprint density at radius 1 is 1.28 bits per heavy atom. The molecule has 0 fully saturated rings. The number of H-pyrrole nitrogens is 1. The third kappa shape index (κ3) is 2.53. The van der Waals surface area contributed by atoms with Crippen molar-refractivity contribution in [1.29, 1.82) is 0 Å². The van der Waals surface area contributed by atoms with Gasteiger partial charge < -0.3 is 10.3 Å². The maximum atomic E-state index is 13.1. The zero-order valence-electron chi connectivity index (χ0n) is 9.67. The van der Waals surface area contributed by atoms with Gasteiger partial charge in [0.2, 0.25) is 0 Å². The van der Waals surface area contributed by atoms with Crippen LogP contribution in [0.5, 0.6) is 0 Å². The van der Waals surface area contributed by atoms with Crippen molar-refractivity contribution in [2.45, 2.75) is 12.5 Å². The van der Waals surface area contributed by atoms with E-state index in [0.717, 1.165) is 12.1 Å². The monoisotopic (exact) mass is 255 g/mol. The summed E-state index contributed by atoms with van der Waals surface area (Å²) in [5.74, 6) is -3.15. The fourth-order valence-electron chi connectivity index (χ4n) is 1.77. The number of nitrogens with one attached hydrogen (secondary N) is 2. The molecule has 0 saturated carbocycles. The van der Waals surface area contributed by atoms with Crippen molar-refractivity contribution in [3.05, 3.63) is 53.4 Å². The molecule has 6 heteroatoms. The van der Waals surface area contributed by atoms with Gasteiger partial charge in [0.1, 0.15) is 5.82 Å². The summed E-state index contributed by atoms with van der Waals surface area (Å²) < 4.78 is 39.2. The molecule has 0 amide bonds. The Bertz CT molecular complexity index is 502. The maximum absolute atomic E-state index is 13.1. The van der Waals surface area contributed by atoms with E-state index in [-0.39, 0.29) is 6.04 Å². The molecule has 0 spiro atoms. The summed E-state index contributed by atoms with van der Waals surface area (Å²) in [4.78, 5) is 6.93. The van der Waals surface area contributed by atoms with Crippen molar-refractivity contribution < 1.29 is 13.2 Å². The van der Waals surface area contributed by atoms with Crippen LogP contribution in [0.1, 0.15) is 17.4 Å². The fourth-order valence-corrected chi connectivity index (χ4v) is 1.77. The highest BCUT2D eigenvalue weighted by Crippen LogP contribution is 2.21. The molecule has 0 aliphatic rings. The fraction of sp³-hybridized carbons (Fsp3) is 0.250. The van der Waals surface area contributed by atoms with Gasteiger partial charge in [-0.05, 0) is 24.7 Å². The van der Waals surface area contributed by atoms with E-state index >= 15 is 0 Å². The number of benzene rings is 1. The van der Waals surface area contributed by atoms with Gasteiger partial charge in [0.05, 0.1) is 0 Å². The summed E-state index contributed by atoms with van der Waals surface area (Å²) in [5.41, 5.74) is 0.338. The zero-order chi connectivity index (χ0) is 13.1. The molecule has 1 heterocycles. The molecule has 3 nitrogen and oxygen atoms in total. The first-order chi connectivity index (χ1) is 8.61. The third-order valence-corrected chi connectivity index (χ3v) is 2.71. The minimum Gasteiger partial charge on any atom is -0.349 e. The second kappa shape index (κ2) is 5.22. The highest BCUT2D eigenvalue weighted by atomic mass is 19.2. The second-order valence-corrected chi connectivity index (χ2v) is 3.88. The van der Waals surface area contributed by atoms with Crippen LogP contribution in [0.4, 0.5) is 13.2 Å². The number of halogens is 3. The van der Waals surface area contributed by atoms with Crippen molar-refractivity contribution >= 4 is 0 Å².